The van der Waals surface area contributed by atoms with E-state index in [0.717, 1.165) is 45.0 Å². The number of nitrogens with zero attached hydrogens (tertiary/aromatic N) is 6. The van der Waals surface area contributed by atoms with E-state index < -0.39 is 0 Å². The Kier molecular flexibility index (Phi) is 8.31. The average molecular weight is 549 g/mol. The van der Waals surface area contributed by atoms with Crippen molar-refractivity contribution in [3.8, 4) is 11.5 Å². The molecule has 0 unspecified atom stereocenters. The van der Waals surface area contributed by atoms with Crippen LogP contribution in [0.5, 0.6) is 11.5 Å². The highest BCUT2D eigenvalue weighted by Crippen LogP contribution is 2.30. The van der Waals surface area contributed by atoms with Crippen LogP contribution in [-0.2, 0) is 11.8 Å². The second-order valence-corrected chi connectivity index (χ2v) is 9.85. The molecule has 10 heteroatoms. The van der Waals surface area contributed by atoms with Crippen LogP contribution in [0.2, 0.25) is 0 Å². The Morgan fingerprint density at radius 3 is 2.73 bits per heavy atom. The summed E-state index contributed by atoms with van der Waals surface area (Å²) in [7, 11) is 5.87. The van der Waals surface area contributed by atoms with Crippen LogP contribution in [0.4, 0.5) is 11.5 Å². The van der Waals surface area contributed by atoms with Gasteiger partial charge in [-0.2, -0.15) is 0 Å². The number of aryl methyl sites for hydroxylation is 2. The lowest BCUT2D eigenvalue weighted by atomic mass is 10.2. The van der Waals surface area contributed by atoms with Crippen molar-refractivity contribution in [3.05, 3.63) is 90.7 Å². The van der Waals surface area contributed by atoms with Gasteiger partial charge in [0.25, 0.3) is 0 Å². The normalized spacial score (nSPS) is 11.7. The number of carbonyl (C=O) groups excluding carboxylic acids is 1. The quantitative estimate of drug-likeness (QED) is 0.235. The molecule has 0 saturated heterocycles. The van der Waals surface area contributed by atoms with E-state index in [4.69, 9.17) is 9.72 Å². The highest BCUT2D eigenvalue weighted by molar-refractivity contribution is 5.88. The molecular weight excluding hydrogens is 516 g/mol. The maximum Gasteiger partial charge on any atom is 0.243 e. The third-order valence-corrected chi connectivity index (χ3v) is 6.29. The van der Waals surface area contributed by atoms with Gasteiger partial charge in [-0.25, -0.2) is 19.9 Å². The Morgan fingerprint density at radius 2 is 1.90 bits per heavy atom. The molecule has 0 radical (unpaired) electrons. The van der Waals surface area contributed by atoms with E-state index in [9.17, 15) is 4.79 Å². The molecule has 0 fully saturated rings. The molecule has 3 heterocycles. The summed E-state index contributed by atoms with van der Waals surface area (Å²) in [5.74, 6) is 1.94. The van der Waals surface area contributed by atoms with E-state index in [0.29, 0.717) is 24.4 Å². The number of imidazole rings is 1. The number of ether oxygens (including phenoxy) is 1. The molecule has 0 bridgehead atoms. The molecule has 0 saturated carbocycles. The number of rotatable bonds is 10. The standard InChI is InChI=1S/C31H32N8O2/c1-21-17-23(10-14-28(21)41-24-11-13-27-26(18-24)35-20-39(27)4)37-31-30-25(33-19-34-31)12-9-22(36-30)7-5-15-32-29(40)8-6-16-38(2)3/h5-14,17-20H,15-16H2,1-4H3,(H,32,40)(H,33,34,37)/b7-5+,8-6+. The van der Waals surface area contributed by atoms with Gasteiger partial charge in [0, 0.05) is 38.0 Å². The molecule has 0 atom stereocenters. The summed E-state index contributed by atoms with van der Waals surface area (Å²) in [6, 6.07) is 15.5. The summed E-state index contributed by atoms with van der Waals surface area (Å²) in [6.07, 6.45) is 10.4. The number of amides is 1. The topological polar surface area (TPSA) is 110 Å². The number of likely N-dealkylation sites (N-methyl/N-ethyl adjacent to an activating group) is 1. The number of carbonyl (C=O) groups is 1. The van der Waals surface area contributed by atoms with Crippen molar-refractivity contribution in [1.82, 2.24) is 34.7 Å². The van der Waals surface area contributed by atoms with E-state index in [-0.39, 0.29) is 5.91 Å². The van der Waals surface area contributed by atoms with Gasteiger partial charge in [-0.05, 0) is 75.1 Å². The lowest BCUT2D eigenvalue weighted by molar-refractivity contribution is -0.116. The van der Waals surface area contributed by atoms with Gasteiger partial charge >= 0.3 is 0 Å². The Morgan fingerprint density at radius 1 is 1.02 bits per heavy atom. The van der Waals surface area contributed by atoms with Crippen LogP contribution >= 0.6 is 0 Å². The van der Waals surface area contributed by atoms with Crippen LogP contribution in [0.15, 0.2) is 79.4 Å². The summed E-state index contributed by atoms with van der Waals surface area (Å²) in [5.41, 5.74) is 5.85. The largest absolute Gasteiger partial charge is 0.457 e. The van der Waals surface area contributed by atoms with Gasteiger partial charge in [0.2, 0.25) is 5.91 Å². The van der Waals surface area contributed by atoms with Gasteiger partial charge in [-0.1, -0.05) is 12.2 Å². The zero-order valence-corrected chi connectivity index (χ0v) is 23.5. The molecule has 2 N–H and O–H groups in total. The van der Waals surface area contributed by atoms with Crippen LogP contribution in [0.3, 0.4) is 0 Å². The molecule has 1 amide bonds. The first kappa shape index (κ1) is 27.5. The third kappa shape index (κ3) is 6.92. The molecule has 41 heavy (non-hydrogen) atoms. The molecule has 2 aromatic carbocycles. The zero-order chi connectivity index (χ0) is 28.8. The molecule has 0 aliphatic heterocycles. The number of nitrogens with one attached hydrogen (secondary N) is 2. The van der Waals surface area contributed by atoms with E-state index in [1.165, 1.54) is 6.33 Å². The highest BCUT2D eigenvalue weighted by atomic mass is 16.5. The van der Waals surface area contributed by atoms with E-state index >= 15 is 0 Å². The highest BCUT2D eigenvalue weighted by Gasteiger charge is 2.10. The predicted octanol–water partition coefficient (Wildman–Crippen LogP) is 5.00. The molecule has 208 valence electrons. The number of anilines is 2. The minimum absolute atomic E-state index is 0.135. The number of pyridine rings is 1. The fraction of sp³-hybridized carbons (Fsp3) is 0.194. The van der Waals surface area contributed by atoms with Gasteiger partial charge in [-0.15, -0.1) is 0 Å². The number of hydrogen-bond donors (Lipinski definition) is 2. The molecule has 0 aliphatic carbocycles. The summed E-state index contributed by atoms with van der Waals surface area (Å²) < 4.78 is 8.13. The van der Waals surface area contributed by atoms with Gasteiger partial charge in [0.15, 0.2) is 5.82 Å². The first-order chi connectivity index (χ1) is 19.9. The summed E-state index contributed by atoms with van der Waals surface area (Å²) in [4.78, 5) is 31.8. The molecule has 5 rings (SSSR count). The van der Waals surface area contributed by atoms with Crippen LogP contribution in [0.1, 0.15) is 11.3 Å². The monoisotopic (exact) mass is 548 g/mol. The summed E-state index contributed by atoms with van der Waals surface area (Å²) >= 11 is 0. The molecule has 5 aromatic rings. The Bertz CT molecular complexity index is 1760. The van der Waals surface area contributed by atoms with Crippen molar-refractivity contribution in [2.45, 2.75) is 6.92 Å². The second-order valence-electron chi connectivity index (χ2n) is 9.85. The van der Waals surface area contributed by atoms with Crippen LogP contribution < -0.4 is 15.4 Å². The van der Waals surface area contributed by atoms with E-state index in [1.807, 2.05) is 104 Å². The summed E-state index contributed by atoms with van der Waals surface area (Å²) in [5, 5.41) is 6.20. The van der Waals surface area contributed by atoms with Crippen molar-refractivity contribution in [2.24, 2.45) is 7.05 Å². The molecule has 3 aromatic heterocycles. The number of benzene rings is 2. The van der Waals surface area contributed by atoms with Crippen molar-refractivity contribution in [3.63, 3.8) is 0 Å². The van der Waals surface area contributed by atoms with Crippen molar-refractivity contribution >= 4 is 45.6 Å². The van der Waals surface area contributed by atoms with E-state index in [2.05, 4.69) is 25.6 Å². The fourth-order valence-electron chi connectivity index (χ4n) is 4.19. The SMILES string of the molecule is Cc1cc(Nc2ncnc3ccc(/C=C/CNC(=O)/C=C/CN(C)C)nc23)ccc1Oc1ccc2c(c1)ncn2C. The number of aromatic nitrogens is 5. The number of fused-ring (bicyclic) bond motifs is 2. The summed E-state index contributed by atoms with van der Waals surface area (Å²) in [6.45, 7) is 3.10. The minimum atomic E-state index is -0.135. The second kappa shape index (κ2) is 12.4. The maximum atomic E-state index is 11.9. The fourth-order valence-corrected chi connectivity index (χ4v) is 4.19. The minimum Gasteiger partial charge on any atom is -0.457 e. The van der Waals surface area contributed by atoms with Crippen molar-refractivity contribution < 1.29 is 9.53 Å². The molecule has 0 aliphatic rings. The molecule has 0 spiro atoms. The van der Waals surface area contributed by atoms with Gasteiger partial charge in [0.05, 0.1) is 28.6 Å². The third-order valence-electron chi connectivity index (χ3n) is 6.29. The van der Waals surface area contributed by atoms with Gasteiger partial charge < -0.3 is 24.8 Å². The Labute approximate surface area is 238 Å². The van der Waals surface area contributed by atoms with Crippen molar-refractivity contribution in [1.29, 1.82) is 0 Å². The smallest absolute Gasteiger partial charge is 0.243 e. The van der Waals surface area contributed by atoms with Gasteiger partial charge in [0.1, 0.15) is 23.3 Å². The van der Waals surface area contributed by atoms with E-state index in [1.54, 1.807) is 12.4 Å². The molecular formula is C31H32N8O2. The van der Waals surface area contributed by atoms with Gasteiger partial charge in [-0.3, -0.25) is 4.79 Å². The Hall–Kier alpha value is -5.09. The lowest BCUT2D eigenvalue weighted by Crippen LogP contribution is -2.21. The first-order valence-corrected chi connectivity index (χ1v) is 13.2. The maximum absolute atomic E-state index is 11.9. The predicted molar refractivity (Wildman–Crippen MR) is 162 cm³/mol. The van der Waals surface area contributed by atoms with Crippen LogP contribution in [0.25, 0.3) is 28.1 Å². The Balaban J connectivity index is 1.26. The van der Waals surface area contributed by atoms with Crippen LogP contribution in [0, 0.1) is 6.92 Å². The average Bonchev–Trinajstić information content (AvgIpc) is 3.32. The lowest BCUT2D eigenvalue weighted by Gasteiger charge is -2.12. The van der Waals surface area contributed by atoms with Crippen LogP contribution in [-0.4, -0.2) is 62.5 Å². The molecule has 10 nitrogen and oxygen atoms in total. The zero-order valence-electron chi connectivity index (χ0n) is 23.5. The number of hydrogen-bond acceptors (Lipinski definition) is 8. The van der Waals surface area contributed by atoms with Crippen molar-refractivity contribution in [2.75, 3.05) is 32.5 Å². The first-order valence-electron chi connectivity index (χ1n) is 13.2.